The molecule has 0 saturated carbocycles. The first-order chi connectivity index (χ1) is 8.19. The molecule has 94 valence electrons. The molecule has 0 spiro atoms. The summed E-state index contributed by atoms with van der Waals surface area (Å²) in [4.78, 5) is 11.8. The fourth-order valence-corrected chi connectivity index (χ4v) is 1.53. The van der Waals surface area contributed by atoms with Gasteiger partial charge in [-0.2, -0.15) is 0 Å². The Balaban J connectivity index is 2.61. The van der Waals surface area contributed by atoms with Gasteiger partial charge in [0.1, 0.15) is 5.75 Å². The van der Waals surface area contributed by atoms with Crippen LogP contribution < -0.4 is 15.8 Å². The summed E-state index contributed by atoms with van der Waals surface area (Å²) in [5.74, 6) is 0.478. The number of nitrogens with two attached hydrogens (primary N) is 1. The summed E-state index contributed by atoms with van der Waals surface area (Å²) in [6.07, 6.45) is 2.70. The Hall–Kier alpha value is -1.55. The third-order valence-electron chi connectivity index (χ3n) is 2.57. The average molecular weight is 236 g/mol. The number of rotatable bonds is 6. The van der Waals surface area contributed by atoms with Gasteiger partial charge < -0.3 is 15.8 Å². The molecule has 0 saturated heterocycles. The molecule has 1 unspecified atom stereocenters. The third kappa shape index (κ3) is 4.07. The summed E-state index contributed by atoms with van der Waals surface area (Å²) in [5, 5.41) is 2.78. The number of anilines is 1. The number of carbonyl (C=O) groups excluding carboxylic acids is 1. The van der Waals surface area contributed by atoms with E-state index in [0.717, 1.165) is 12.8 Å². The van der Waals surface area contributed by atoms with Crippen molar-refractivity contribution in [1.29, 1.82) is 0 Å². The van der Waals surface area contributed by atoms with Crippen molar-refractivity contribution in [2.24, 2.45) is 5.73 Å². The smallest absolute Gasteiger partial charge is 0.241 e. The topological polar surface area (TPSA) is 64.4 Å². The molecular formula is C13H20N2O2. The molecule has 0 aliphatic rings. The van der Waals surface area contributed by atoms with Crippen molar-refractivity contribution in [3.8, 4) is 5.75 Å². The van der Waals surface area contributed by atoms with E-state index in [1.807, 2.05) is 12.1 Å². The van der Waals surface area contributed by atoms with Crippen molar-refractivity contribution in [2.45, 2.75) is 32.2 Å². The molecule has 1 aromatic rings. The Morgan fingerprint density at radius 1 is 1.47 bits per heavy atom. The fourth-order valence-electron chi connectivity index (χ4n) is 1.53. The summed E-state index contributed by atoms with van der Waals surface area (Å²) in [5.41, 5.74) is 6.45. The largest absolute Gasteiger partial charge is 0.495 e. The van der Waals surface area contributed by atoms with Crippen LogP contribution in [0.25, 0.3) is 0 Å². The van der Waals surface area contributed by atoms with Gasteiger partial charge in [-0.05, 0) is 18.6 Å². The molecule has 1 aromatic carbocycles. The number of methoxy groups -OCH3 is 1. The lowest BCUT2D eigenvalue weighted by atomic mass is 10.1. The Morgan fingerprint density at radius 2 is 2.18 bits per heavy atom. The van der Waals surface area contributed by atoms with Crippen molar-refractivity contribution in [3.63, 3.8) is 0 Å². The third-order valence-corrected chi connectivity index (χ3v) is 2.57. The van der Waals surface area contributed by atoms with Gasteiger partial charge in [0, 0.05) is 0 Å². The van der Waals surface area contributed by atoms with Crippen LogP contribution in [0.1, 0.15) is 26.2 Å². The molecular weight excluding hydrogens is 216 g/mol. The molecule has 0 aliphatic carbocycles. The number of nitrogens with one attached hydrogen (secondary N) is 1. The molecule has 1 atom stereocenters. The molecule has 0 aliphatic heterocycles. The number of ether oxygens (including phenoxy) is 1. The lowest BCUT2D eigenvalue weighted by Crippen LogP contribution is -2.35. The summed E-state index contributed by atoms with van der Waals surface area (Å²) < 4.78 is 5.15. The summed E-state index contributed by atoms with van der Waals surface area (Å²) in [6, 6.07) is 6.83. The normalized spacial score (nSPS) is 11.9. The maximum atomic E-state index is 11.8. The number of benzene rings is 1. The summed E-state index contributed by atoms with van der Waals surface area (Å²) >= 11 is 0. The molecule has 0 heterocycles. The van der Waals surface area contributed by atoms with E-state index in [1.165, 1.54) is 0 Å². The molecule has 0 fully saturated rings. The highest BCUT2D eigenvalue weighted by atomic mass is 16.5. The van der Waals surface area contributed by atoms with Crippen LogP contribution >= 0.6 is 0 Å². The maximum absolute atomic E-state index is 11.8. The highest BCUT2D eigenvalue weighted by Gasteiger charge is 2.14. The van der Waals surface area contributed by atoms with E-state index in [2.05, 4.69) is 12.2 Å². The predicted molar refractivity (Wildman–Crippen MR) is 69.1 cm³/mol. The minimum absolute atomic E-state index is 0.164. The zero-order valence-corrected chi connectivity index (χ0v) is 10.4. The first-order valence-corrected chi connectivity index (χ1v) is 5.88. The molecule has 0 bridgehead atoms. The van der Waals surface area contributed by atoms with Crippen molar-refractivity contribution in [1.82, 2.24) is 0 Å². The highest BCUT2D eigenvalue weighted by Crippen LogP contribution is 2.23. The van der Waals surface area contributed by atoms with Crippen LogP contribution in [0.2, 0.25) is 0 Å². The molecule has 4 heteroatoms. The van der Waals surface area contributed by atoms with Gasteiger partial charge in [0.15, 0.2) is 0 Å². The zero-order valence-electron chi connectivity index (χ0n) is 10.4. The average Bonchev–Trinajstić information content (AvgIpc) is 2.36. The van der Waals surface area contributed by atoms with Crippen LogP contribution in [0.3, 0.4) is 0 Å². The molecule has 1 rings (SSSR count). The molecule has 0 radical (unpaired) electrons. The van der Waals surface area contributed by atoms with E-state index in [1.54, 1.807) is 19.2 Å². The van der Waals surface area contributed by atoms with Crippen LogP contribution in [-0.4, -0.2) is 19.1 Å². The highest BCUT2D eigenvalue weighted by molar-refractivity contribution is 5.95. The van der Waals surface area contributed by atoms with Gasteiger partial charge in [-0.15, -0.1) is 0 Å². The Labute approximate surface area is 102 Å². The number of para-hydroxylation sites is 2. The fraction of sp³-hybridized carbons (Fsp3) is 0.462. The molecule has 3 N–H and O–H groups in total. The second-order valence-corrected chi connectivity index (χ2v) is 3.94. The van der Waals surface area contributed by atoms with E-state index in [0.29, 0.717) is 17.9 Å². The molecule has 17 heavy (non-hydrogen) atoms. The Morgan fingerprint density at radius 3 is 2.82 bits per heavy atom. The van der Waals surface area contributed by atoms with E-state index in [-0.39, 0.29) is 5.91 Å². The van der Waals surface area contributed by atoms with Crippen molar-refractivity contribution in [2.75, 3.05) is 12.4 Å². The van der Waals surface area contributed by atoms with Gasteiger partial charge in [-0.3, -0.25) is 4.79 Å². The van der Waals surface area contributed by atoms with E-state index >= 15 is 0 Å². The van der Waals surface area contributed by atoms with Crippen molar-refractivity contribution in [3.05, 3.63) is 24.3 Å². The first kappa shape index (κ1) is 13.5. The van der Waals surface area contributed by atoms with Gasteiger partial charge in [0.2, 0.25) is 5.91 Å². The second kappa shape index (κ2) is 6.91. The molecule has 0 aromatic heterocycles. The van der Waals surface area contributed by atoms with Crippen molar-refractivity contribution >= 4 is 11.6 Å². The summed E-state index contributed by atoms with van der Waals surface area (Å²) in [7, 11) is 1.57. The standard InChI is InChI=1S/C13H20N2O2/c1-3-4-7-10(14)13(16)15-11-8-5-6-9-12(11)17-2/h5-6,8-10H,3-4,7,14H2,1-2H3,(H,15,16). The number of carbonyl (C=O) groups is 1. The zero-order chi connectivity index (χ0) is 12.7. The van der Waals surface area contributed by atoms with Crippen LogP contribution in [0, 0.1) is 0 Å². The summed E-state index contributed by atoms with van der Waals surface area (Å²) in [6.45, 7) is 2.07. The van der Waals surface area contributed by atoms with Gasteiger partial charge >= 0.3 is 0 Å². The quantitative estimate of drug-likeness (QED) is 0.795. The monoisotopic (exact) mass is 236 g/mol. The SMILES string of the molecule is CCCCC(N)C(=O)Nc1ccccc1OC. The number of hydrogen-bond acceptors (Lipinski definition) is 3. The number of hydrogen-bond donors (Lipinski definition) is 2. The van der Waals surface area contributed by atoms with Crippen LogP contribution in [0.15, 0.2) is 24.3 Å². The maximum Gasteiger partial charge on any atom is 0.241 e. The van der Waals surface area contributed by atoms with Gasteiger partial charge in [-0.1, -0.05) is 31.9 Å². The second-order valence-electron chi connectivity index (χ2n) is 3.94. The van der Waals surface area contributed by atoms with Gasteiger partial charge in [-0.25, -0.2) is 0 Å². The van der Waals surface area contributed by atoms with Crippen LogP contribution in [0.5, 0.6) is 5.75 Å². The minimum Gasteiger partial charge on any atom is -0.495 e. The molecule has 1 amide bonds. The van der Waals surface area contributed by atoms with Crippen LogP contribution in [0.4, 0.5) is 5.69 Å². The van der Waals surface area contributed by atoms with E-state index < -0.39 is 6.04 Å². The van der Waals surface area contributed by atoms with Crippen LogP contribution in [-0.2, 0) is 4.79 Å². The predicted octanol–water partition coefficient (Wildman–Crippen LogP) is 2.15. The Bertz CT molecular complexity index is 366. The van der Waals surface area contributed by atoms with Crippen molar-refractivity contribution < 1.29 is 9.53 Å². The number of amides is 1. The lowest BCUT2D eigenvalue weighted by Gasteiger charge is -2.13. The van der Waals surface area contributed by atoms with E-state index in [9.17, 15) is 4.79 Å². The van der Waals surface area contributed by atoms with Gasteiger partial charge in [0.05, 0.1) is 18.8 Å². The lowest BCUT2D eigenvalue weighted by molar-refractivity contribution is -0.117. The van der Waals surface area contributed by atoms with E-state index in [4.69, 9.17) is 10.5 Å². The molecule has 4 nitrogen and oxygen atoms in total. The Kier molecular flexibility index (Phi) is 5.49. The van der Waals surface area contributed by atoms with Gasteiger partial charge in [0.25, 0.3) is 0 Å². The number of unbranched alkanes of at least 4 members (excludes halogenated alkanes) is 1. The minimum atomic E-state index is -0.458. The first-order valence-electron chi connectivity index (χ1n) is 5.88.